The SMILES string of the molecule is COc1ccc2ccc(=O)oc2c1CC=C(C)C=O. The molecule has 98 valence electrons. The largest absolute Gasteiger partial charge is 0.496 e. The molecule has 0 N–H and O–H groups in total. The second kappa shape index (κ2) is 5.52. The third-order valence-electron chi connectivity index (χ3n) is 2.88. The van der Waals surface area contributed by atoms with E-state index in [2.05, 4.69) is 0 Å². The summed E-state index contributed by atoms with van der Waals surface area (Å²) in [5.41, 5.74) is 1.48. The molecule has 4 nitrogen and oxygen atoms in total. The van der Waals surface area contributed by atoms with Gasteiger partial charge in [0.25, 0.3) is 0 Å². The number of methoxy groups -OCH3 is 1. The highest BCUT2D eigenvalue weighted by molar-refractivity contribution is 5.82. The minimum absolute atomic E-state index is 0.405. The van der Waals surface area contributed by atoms with Gasteiger partial charge in [-0.3, -0.25) is 4.79 Å². The highest BCUT2D eigenvalue weighted by Crippen LogP contribution is 2.27. The van der Waals surface area contributed by atoms with E-state index < -0.39 is 5.63 Å². The number of rotatable bonds is 4. The van der Waals surface area contributed by atoms with Crippen molar-refractivity contribution in [3.8, 4) is 5.75 Å². The van der Waals surface area contributed by atoms with Crippen molar-refractivity contribution in [1.29, 1.82) is 0 Å². The third-order valence-corrected chi connectivity index (χ3v) is 2.88. The average Bonchev–Trinajstić information content (AvgIpc) is 2.44. The van der Waals surface area contributed by atoms with Crippen LogP contribution in [0.3, 0.4) is 0 Å². The number of fused-ring (bicyclic) bond motifs is 1. The van der Waals surface area contributed by atoms with Crippen molar-refractivity contribution in [2.24, 2.45) is 0 Å². The molecule has 0 spiro atoms. The van der Waals surface area contributed by atoms with Gasteiger partial charge in [0.2, 0.25) is 0 Å². The Morgan fingerprint density at radius 2 is 2.05 bits per heavy atom. The molecule has 0 bridgehead atoms. The van der Waals surface area contributed by atoms with Crippen LogP contribution in [0.25, 0.3) is 11.0 Å². The van der Waals surface area contributed by atoms with Crippen molar-refractivity contribution in [3.05, 3.63) is 51.9 Å². The normalized spacial score (nSPS) is 11.6. The maximum absolute atomic E-state index is 11.4. The van der Waals surface area contributed by atoms with E-state index in [1.54, 1.807) is 26.2 Å². The number of carbonyl (C=O) groups is 1. The molecule has 0 atom stereocenters. The van der Waals surface area contributed by atoms with Crippen LogP contribution in [0.5, 0.6) is 5.75 Å². The molecule has 0 aliphatic rings. The predicted octanol–water partition coefficient (Wildman–Crippen LogP) is 2.49. The first-order chi connectivity index (χ1) is 9.15. The lowest BCUT2D eigenvalue weighted by atomic mass is 10.1. The van der Waals surface area contributed by atoms with Gasteiger partial charge in [0, 0.05) is 17.0 Å². The first kappa shape index (κ1) is 13.1. The Balaban J connectivity index is 2.63. The summed E-state index contributed by atoms with van der Waals surface area (Å²) in [5.74, 6) is 0.636. The van der Waals surface area contributed by atoms with E-state index in [9.17, 15) is 9.59 Å². The van der Waals surface area contributed by atoms with E-state index in [4.69, 9.17) is 9.15 Å². The molecule has 0 aliphatic carbocycles. The molecule has 0 fully saturated rings. The molecule has 1 heterocycles. The molecule has 2 aromatic rings. The monoisotopic (exact) mass is 258 g/mol. The van der Waals surface area contributed by atoms with Crippen molar-refractivity contribution in [2.75, 3.05) is 7.11 Å². The maximum atomic E-state index is 11.4. The van der Waals surface area contributed by atoms with Gasteiger partial charge < -0.3 is 9.15 Å². The standard InChI is InChI=1S/C15H14O4/c1-10(9-16)3-6-12-13(18-2)7-4-11-5-8-14(17)19-15(11)12/h3-5,7-9H,6H2,1-2H3. The Kier molecular flexibility index (Phi) is 3.80. The molecular formula is C15H14O4. The fourth-order valence-corrected chi connectivity index (χ4v) is 1.87. The summed E-state index contributed by atoms with van der Waals surface area (Å²) in [6.45, 7) is 1.72. The summed E-state index contributed by atoms with van der Waals surface area (Å²) in [6, 6.07) is 6.74. The predicted molar refractivity (Wildman–Crippen MR) is 72.6 cm³/mol. The lowest BCUT2D eigenvalue weighted by Gasteiger charge is -2.09. The van der Waals surface area contributed by atoms with Gasteiger partial charge in [-0.15, -0.1) is 0 Å². The van der Waals surface area contributed by atoms with Gasteiger partial charge in [-0.25, -0.2) is 4.79 Å². The Labute approximate surface area is 110 Å². The van der Waals surface area contributed by atoms with Crippen LogP contribution in [0.2, 0.25) is 0 Å². The van der Waals surface area contributed by atoms with Crippen LogP contribution in [0.4, 0.5) is 0 Å². The first-order valence-electron chi connectivity index (χ1n) is 5.87. The topological polar surface area (TPSA) is 56.5 Å². The summed E-state index contributed by atoms with van der Waals surface area (Å²) in [4.78, 5) is 22.0. The second-order valence-electron chi connectivity index (χ2n) is 4.19. The van der Waals surface area contributed by atoms with Crippen molar-refractivity contribution >= 4 is 17.3 Å². The highest BCUT2D eigenvalue weighted by atomic mass is 16.5. The molecule has 1 aromatic carbocycles. The lowest BCUT2D eigenvalue weighted by Crippen LogP contribution is -1.99. The number of ether oxygens (including phenoxy) is 1. The molecule has 0 aliphatic heterocycles. The molecule has 19 heavy (non-hydrogen) atoms. The zero-order valence-electron chi connectivity index (χ0n) is 10.8. The fourth-order valence-electron chi connectivity index (χ4n) is 1.87. The van der Waals surface area contributed by atoms with Gasteiger partial charge in [-0.05, 0) is 37.1 Å². The third kappa shape index (κ3) is 2.73. The van der Waals surface area contributed by atoms with E-state index in [1.165, 1.54) is 6.07 Å². The first-order valence-corrected chi connectivity index (χ1v) is 5.87. The van der Waals surface area contributed by atoms with Crippen molar-refractivity contribution < 1.29 is 13.9 Å². The van der Waals surface area contributed by atoms with Crippen LogP contribution in [0.15, 0.2) is 45.1 Å². The van der Waals surface area contributed by atoms with Crippen LogP contribution in [-0.4, -0.2) is 13.4 Å². The molecule has 0 amide bonds. The van der Waals surface area contributed by atoms with E-state index >= 15 is 0 Å². The molecule has 0 saturated carbocycles. The number of benzene rings is 1. The van der Waals surface area contributed by atoms with E-state index in [-0.39, 0.29) is 0 Å². The van der Waals surface area contributed by atoms with Crippen molar-refractivity contribution in [3.63, 3.8) is 0 Å². The van der Waals surface area contributed by atoms with E-state index in [0.29, 0.717) is 23.3 Å². The van der Waals surface area contributed by atoms with Crippen molar-refractivity contribution in [2.45, 2.75) is 13.3 Å². The number of carbonyl (C=O) groups excluding carboxylic acids is 1. The lowest BCUT2D eigenvalue weighted by molar-refractivity contribution is -0.104. The zero-order chi connectivity index (χ0) is 13.8. The van der Waals surface area contributed by atoms with Crippen LogP contribution in [0.1, 0.15) is 12.5 Å². The molecule has 0 unspecified atom stereocenters. The summed E-state index contributed by atoms with van der Waals surface area (Å²) in [6.07, 6.45) is 3.03. The Morgan fingerprint density at radius 1 is 1.32 bits per heavy atom. The summed E-state index contributed by atoms with van der Waals surface area (Å²) < 4.78 is 10.5. The van der Waals surface area contributed by atoms with Gasteiger partial charge in [-0.1, -0.05) is 6.08 Å². The maximum Gasteiger partial charge on any atom is 0.336 e. The number of aldehydes is 1. The fraction of sp³-hybridized carbons (Fsp3) is 0.200. The van der Waals surface area contributed by atoms with Crippen molar-refractivity contribution in [1.82, 2.24) is 0 Å². The van der Waals surface area contributed by atoms with Gasteiger partial charge in [0.15, 0.2) is 0 Å². The summed E-state index contributed by atoms with van der Waals surface area (Å²) in [5, 5.41) is 0.826. The van der Waals surface area contributed by atoms with E-state index in [0.717, 1.165) is 17.2 Å². The molecular weight excluding hydrogens is 244 g/mol. The zero-order valence-corrected chi connectivity index (χ0v) is 10.8. The minimum atomic E-state index is -0.405. The minimum Gasteiger partial charge on any atom is -0.496 e. The number of hydrogen-bond donors (Lipinski definition) is 0. The van der Waals surface area contributed by atoms with Crippen LogP contribution < -0.4 is 10.4 Å². The highest BCUT2D eigenvalue weighted by Gasteiger charge is 2.10. The van der Waals surface area contributed by atoms with Crippen LogP contribution >= 0.6 is 0 Å². The molecule has 1 aromatic heterocycles. The van der Waals surface area contributed by atoms with Gasteiger partial charge in [-0.2, -0.15) is 0 Å². The smallest absolute Gasteiger partial charge is 0.336 e. The van der Waals surface area contributed by atoms with Crippen LogP contribution in [-0.2, 0) is 11.2 Å². The molecule has 0 saturated heterocycles. The second-order valence-corrected chi connectivity index (χ2v) is 4.19. The number of allylic oxidation sites excluding steroid dienone is 2. The summed E-state index contributed by atoms with van der Waals surface area (Å²) in [7, 11) is 1.56. The molecule has 0 radical (unpaired) electrons. The van der Waals surface area contributed by atoms with E-state index in [1.807, 2.05) is 12.1 Å². The Morgan fingerprint density at radius 3 is 2.74 bits per heavy atom. The van der Waals surface area contributed by atoms with Crippen LogP contribution in [0, 0.1) is 0 Å². The Hall–Kier alpha value is -2.36. The average molecular weight is 258 g/mol. The summed E-state index contributed by atoms with van der Waals surface area (Å²) >= 11 is 0. The van der Waals surface area contributed by atoms with Gasteiger partial charge >= 0.3 is 5.63 Å². The number of hydrogen-bond acceptors (Lipinski definition) is 4. The van der Waals surface area contributed by atoms with Gasteiger partial charge in [0.05, 0.1) is 7.11 Å². The molecule has 2 rings (SSSR count). The molecule has 4 heteroatoms. The van der Waals surface area contributed by atoms with Gasteiger partial charge in [0.1, 0.15) is 17.6 Å². The Bertz CT molecular complexity index is 695. The quantitative estimate of drug-likeness (QED) is 0.480.